The van der Waals surface area contributed by atoms with E-state index in [-0.39, 0.29) is 12.6 Å². The normalized spacial score (nSPS) is 18.8. The third kappa shape index (κ3) is 2.13. The lowest BCUT2D eigenvalue weighted by Gasteiger charge is -2.23. The number of nitrogens with zero attached hydrogens (tertiary/aromatic N) is 1. The molecule has 0 radical (unpaired) electrons. The molecule has 0 amide bonds. The molecule has 3 nitrogen and oxygen atoms in total. The van der Waals surface area contributed by atoms with E-state index in [0.29, 0.717) is 0 Å². The first-order valence-corrected chi connectivity index (χ1v) is 6.08. The van der Waals surface area contributed by atoms with Gasteiger partial charge in [-0.05, 0) is 37.1 Å². The van der Waals surface area contributed by atoms with Crippen LogP contribution in [-0.2, 0) is 11.2 Å². The van der Waals surface area contributed by atoms with Crippen LogP contribution < -0.4 is 0 Å². The molecule has 16 heavy (non-hydrogen) atoms. The molecule has 1 aliphatic rings. The molecule has 1 aromatic rings. The molecule has 4 heteroatoms. The molecule has 0 saturated carbocycles. The quantitative estimate of drug-likeness (QED) is 0.927. The molecule has 0 saturated heterocycles. The van der Waals surface area contributed by atoms with Crippen LogP contribution in [0.4, 0.5) is 0 Å². The van der Waals surface area contributed by atoms with E-state index in [4.69, 9.17) is 5.11 Å². The van der Waals surface area contributed by atoms with Crippen LogP contribution in [0.1, 0.15) is 23.6 Å². The van der Waals surface area contributed by atoms with E-state index in [9.17, 15) is 4.79 Å². The molecule has 1 unspecified atom stereocenters. The van der Waals surface area contributed by atoms with Crippen molar-refractivity contribution in [2.75, 3.05) is 13.6 Å². The molecule has 1 N–H and O–H groups in total. The Labute approximate surface area is 103 Å². The number of carboxylic acids is 1. The zero-order chi connectivity index (χ0) is 11.7. The summed E-state index contributed by atoms with van der Waals surface area (Å²) in [5, 5.41) is 8.80. The summed E-state index contributed by atoms with van der Waals surface area (Å²) in [6, 6.07) is 6.38. The molecule has 1 aliphatic carbocycles. The zero-order valence-corrected chi connectivity index (χ0v) is 10.7. The lowest BCUT2D eigenvalue weighted by Crippen LogP contribution is -2.28. The summed E-state index contributed by atoms with van der Waals surface area (Å²) in [5.41, 5.74) is 2.59. The number of likely N-dealkylation sites (N-methyl/N-ethyl adjacent to an activating group) is 1. The number of hydrogen-bond donors (Lipinski definition) is 1. The molecule has 0 heterocycles. The van der Waals surface area contributed by atoms with Crippen molar-refractivity contribution < 1.29 is 9.90 Å². The van der Waals surface area contributed by atoms with Crippen molar-refractivity contribution in [1.29, 1.82) is 0 Å². The predicted molar refractivity (Wildman–Crippen MR) is 65.5 cm³/mol. The SMILES string of the molecule is CN(CC(=O)O)C1CCc2c(Br)cccc21. The third-order valence-corrected chi connectivity index (χ3v) is 3.84. The lowest BCUT2D eigenvalue weighted by molar-refractivity contribution is -0.138. The maximum Gasteiger partial charge on any atom is 0.317 e. The number of carbonyl (C=O) groups is 1. The summed E-state index contributed by atoms with van der Waals surface area (Å²) >= 11 is 3.54. The van der Waals surface area contributed by atoms with Crippen molar-refractivity contribution in [3.8, 4) is 0 Å². The molecule has 2 rings (SSSR count). The van der Waals surface area contributed by atoms with Crippen LogP contribution >= 0.6 is 15.9 Å². The summed E-state index contributed by atoms with van der Waals surface area (Å²) in [7, 11) is 1.87. The summed E-state index contributed by atoms with van der Waals surface area (Å²) in [4.78, 5) is 12.6. The first-order valence-electron chi connectivity index (χ1n) is 5.29. The second kappa shape index (κ2) is 4.55. The first-order chi connectivity index (χ1) is 7.59. The van der Waals surface area contributed by atoms with Crippen molar-refractivity contribution in [3.05, 3.63) is 33.8 Å². The Kier molecular flexibility index (Phi) is 3.30. The van der Waals surface area contributed by atoms with E-state index in [1.807, 2.05) is 24.1 Å². The molecule has 0 aliphatic heterocycles. The minimum Gasteiger partial charge on any atom is -0.480 e. The first kappa shape index (κ1) is 11.6. The number of fused-ring (bicyclic) bond motifs is 1. The highest BCUT2D eigenvalue weighted by atomic mass is 79.9. The molecule has 1 aromatic carbocycles. The predicted octanol–water partition coefficient (Wildman–Crippen LogP) is 2.45. The van der Waals surface area contributed by atoms with Crippen LogP contribution in [0.25, 0.3) is 0 Å². The minimum absolute atomic E-state index is 0.0939. The van der Waals surface area contributed by atoms with Crippen molar-refractivity contribution >= 4 is 21.9 Å². The Hall–Kier alpha value is -0.870. The maximum atomic E-state index is 10.7. The van der Waals surface area contributed by atoms with E-state index in [2.05, 4.69) is 22.0 Å². The standard InChI is InChI=1S/C12H14BrNO2/c1-14(7-12(15)16)11-6-5-8-9(11)3-2-4-10(8)13/h2-4,11H,5-7H2,1H3,(H,15,16). The van der Waals surface area contributed by atoms with E-state index >= 15 is 0 Å². The molecular weight excluding hydrogens is 270 g/mol. The van der Waals surface area contributed by atoms with E-state index < -0.39 is 5.97 Å². The number of aliphatic carboxylic acids is 1. The Bertz CT molecular complexity index is 419. The fourth-order valence-electron chi connectivity index (χ4n) is 2.37. The van der Waals surface area contributed by atoms with E-state index in [0.717, 1.165) is 17.3 Å². The van der Waals surface area contributed by atoms with Gasteiger partial charge in [0, 0.05) is 10.5 Å². The smallest absolute Gasteiger partial charge is 0.317 e. The van der Waals surface area contributed by atoms with Gasteiger partial charge in [0.1, 0.15) is 0 Å². The average molecular weight is 284 g/mol. The molecule has 0 bridgehead atoms. The van der Waals surface area contributed by atoms with Gasteiger partial charge in [0.15, 0.2) is 0 Å². The van der Waals surface area contributed by atoms with Gasteiger partial charge in [-0.2, -0.15) is 0 Å². The van der Waals surface area contributed by atoms with Crippen molar-refractivity contribution in [3.63, 3.8) is 0 Å². The second-order valence-corrected chi connectivity index (χ2v) is 5.03. The van der Waals surface area contributed by atoms with Crippen LogP contribution in [0.3, 0.4) is 0 Å². The molecule has 86 valence electrons. The second-order valence-electron chi connectivity index (χ2n) is 4.17. The Morgan fingerprint density at radius 2 is 2.38 bits per heavy atom. The monoisotopic (exact) mass is 283 g/mol. The van der Waals surface area contributed by atoms with E-state index in [1.165, 1.54) is 11.1 Å². The van der Waals surface area contributed by atoms with E-state index in [1.54, 1.807) is 0 Å². The Morgan fingerprint density at radius 1 is 1.62 bits per heavy atom. The van der Waals surface area contributed by atoms with Gasteiger partial charge in [0.25, 0.3) is 0 Å². The number of hydrogen-bond acceptors (Lipinski definition) is 2. The topological polar surface area (TPSA) is 40.5 Å². The Balaban J connectivity index is 2.23. The van der Waals surface area contributed by atoms with Gasteiger partial charge < -0.3 is 5.11 Å². The Morgan fingerprint density at radius 3 is 3.06 bits per heavy atom. The highest BCUT2D eigenvalue weighted by Gasteiger charge is 2.27. The van der Waals surface area contributed by atoms with Gasteiger partial charge in [0.2, 0.25) is 0 Å². The van der Waals surface area contributed by atoms with Crippen molar-refractivity contribution in [2.45, 2.75) is 18.9 Å². The number of carboxylic acid groups (broad SMARTS) is 1. The summed E-state index contributed by atoms with van der Waals surface area (Å²) in [6.07, 6.45) is 2.02. The largest absolute Gasteiger partial charge is 0.480 e. The van der Waals surface area contributed by atoms with Gasteiger partial charge >= 0.3 is 5.97 Å². The van der Waals surface area contributed by atoms with Crippen molar-refractivity contribution in [1.82, 2.24) is 4.90 Å². The third-order valence-electron chi connectivity index (χ3n) is 3.10. The van der Waals surface area contributed by atoms with Crippen LogP contribution in [0, 0.1) is 0 Å². The molecule has 0 aromatic heterocycles. The zero-order valence-electron chi connectivity index (χ0n) is 9.11. The van der Waals surface area contributed by atoms with Crippen LogP contribution in [0.15, 0.2) is 22.7 Å². The highest BCUT2D eigenvalue weighted by molar-refractivity contribution is 9.10. The highest BCUT2D eigenvalue weighted by Crippen LogP contribution is 2.38. The molecular formula is C12H14BrNO2. The molecule has 0 spiro atoms. The van der Waals surface area contributed by atoms with Gasteiger partial charge in [-0.15, -0.1) is 0 Å². The van der Waals surface area contributed by atoms with Gasteiger partial charge in [-0.3, -0.25) is 9.69 Å². The van der Waals surface area contributed by atoms with Gasteiger partial charge in [-0.1, -0.05) is 28.1 Å². The van der Waals surface area contributed by atoms with Crippen molar-refractivity contribution in [2.24, 2.45) is 0 Å². The fourth-order valence-corrected chi connectivity index (χ4v) is 2.95. The fraction of sp³-hybridized carbons (Fsp3) is 0.417. The van der Waals surface area contributed by atoms with Gasteiger partial charge in [-0.25, -0.2) is 0 Å². The lowest BCUT2D eigenvalue weighted by atomic mass is 10.1. The number of benzene rings is 1. The van der Waals surface area contributed by atoms with Gasteiger partial charge in [0.05, 0.1) is 6.54 Å². The molecule has 0 fully saturated rings. The summed E-state index contributed by atoms with van der Waals surface area (Å²) < 4.78 is 1.14. The summed E-state index contributed by atoms with van der Waals surface area (Å²) in [6.45, 7) is 0.0939. The van der Waals surface area contributed by atoms with Crippen LogP contribution in [0.2, 0.25) is 0 Å². The average Bonchev–Trinajstić information content (AvgIpc) is 2.61. The summed E-state index contributed by atoms with van der Waals surface area (Å²) in [5.74, 6) is -0.772. The molecule has 1 atom stereocenters. The number of halogens is 1. The minimum atomic E-state index is -0.772. The maximum absolute atomic E-state index is 10.7. The number of rotatable bonds is 3. The van der Waals surface area contributed by atoms with Crippen LogP contribution in [0.5, 0.6) is 0 Å². The van der Waals surface area contributed by atoms with Crippen LogP contribution in [-0.4, -0.2) is 29.6 Å².